The summed E-state index contributed by atoms with van der Waals surface area (Å²) >= 11 is 0. The van der Waals surface area contributed by atoms with Gasteiger partial charge in [0.1, 0.15) is 29.9 Å². The number of anilines is 1. The molecule has 0 unspecified atom stereocenters. The lowest BCUT2D eigenvalue weighted by atomic mass is 9.96. The predicted octanol–water partition coefficient (Wildman–Crippen LogP) is 0.188. The number of H-pyrrole nitrogens is 1. The first-order valence-electron chi connectivity index (χ1n) is 10.3. The molecule has 0 aromatic carbocycles. The minimum atomic E-state index is -1.34. The van der Waals surface area contributed by atoms with Crippen molar-refractivity contribution in [2.24, 2.45) is 0 Å². The summed E-state index contributed by atoms with van der Waals surface area (Å²) in [5, 5.41) is 26.9. The highest BCUT2D eigenvalue weighted by Crippen LogP contribution is 2.25. The van der Waals surface area contributed by atoms with Crippen LogP contribution in [-0.4, -0.2) is 91.8 Å². The van der Waals surface area contributed by atoms with Gasteiger partial charge in [-0.3, -0.25) is 4.79 Å². The molecule has 0 aliphatic carbocycles. The summed E-state index contributed by atoms with van der Waals surface area (Å²) in [5.41, 5.74) is 1.03. The molecule has 0 radical (unpaired) electrons. The van der Waals surface area contributed by atoms with Crippen molar-refractivity contribution in [1.82, 2.24) is 25.2 Å². The Bertz CT molecular complexity index is 959. The fraction of sp³-hybridized carbons (Fsp3) is 0.600. The van der Waals surface area contributed by atoms with Crippen LogP contribution in [0.25, 0.3) is 11.2 Å². The lowest BCUT2D eigenvalue weighted by Crippen LogP contribution is -2.64. The Morgan fingerprint density at radius 3 is 2.69 bits per heavy atom. The number of nitrogens with zero attached hydrogens (tertiary/aromatic N) is 3. The van der Waals surface area contributed by atoms with Crippen molar-refractivity contribution in [3.8, 4) is 0 Å². The van der Waals surface area contributed by atoms with E-state index in [0.717, 1.165) is 4.90 Å². The van der Waals surface area contributed by atoms with Crippen LogP contribution in [0, 0.1) is 0 Å². The second-order valence-corrected chi connectivity index (χ2v) is 8.78. The Balaban J connectivity index is 1.60. The Morgan fingerprint density at radius 2 is 2.00 bits per heavy atom. The molecule has 1 aliphatic heterocycles. The number of ether oxygens (including phenoxy) is 2. The smallest absolute Gasteiger partial charge is 0.410 e. The molecule has 0 bridgehead atoms. The Hall–Kier alpha value is -2.96. The summed E-state index contributed by atoms with van der Waals surface area (Å²) in [5.74, 6) is -0.523. The predicted molar refractivity (Wildman–Crippen MR) is 115 cm³/mol. The summed E-state index contributed by atoms with van der Waals surface area (Å²) in [6.07, 6.45) is -1.82. The van der Waals surface area contributed by atoms with Crippen LogP contribution in [0.3, 0.4) is 0 Å². The van der Waals surface area contributed by atoms with E-state index in [9.17, 15) is 19.8 Å². The number of aliphatic hydroxyl groups excluding tert-OH is 2. The molecular formula is C20H30N6O6. The quantitative estimate of drug-likeness (QED) is 0.428. The number of amides is 2. The van der Waals surface area contributed by atoms with E-state index in [-0.39, 0.29) is 6.54 Å². The number of aromatic amines is 1. The number of rotatable bonds is 5. The molecule has 3 rings (SSSR count). The van der Waals surface area contributed by atoms with Crippen LogP contribution in [0.4, 0.5) is 10.5 Å². The summed E-state index contributed by atoms with van der Waals surface area (Å²) in [7, 11) is 1.44. The molecule has 0 saturated carbocycles. The van der Waals surface area contributed by atoms with Crippen molar-refractivity contribution in [3.63, 3.8) is 0 Å². The molecule has 12 nitrogen and oxygen atoms in total. The van der Waals surface area contributed by atoms with E-state index in [1.807, 2.05) is 0 Å². The first-order chi connectivity index (χ1) is 15.0. The third-order valence-corrected chi connectivity index (χ3v) is 4.93. The molecule has 32 heavy (non-hydrogen) atoms. The molecule has 1 saturated heterocycles. The van der Waals surface area contributed by atoms with E-state index in [4.69, 9.17) is 9.47 Å². The van der Waals surface area contributed by atoms with Gasteiger partial charge in [-0.05, 0) is 33.8 Å². The lowest BCUT2D eigenvalue weighted by Gasteiger charge is -2.42. The zero-order chi connectivity index (χ0) is 23.6. The Labute approximate surface area is 185 Å². The third-order valence-electron chi connectivity index (χ3n) is 4.93. The zero-order valence-corrected chi connectivity index (χ0v) is 18.7. The molecule has 12 heteroatoms. The summed E-state index contributed by atoms with van der Waals surface area (Å²) < 4.78 is 11.1. The molecule has 2 amide bonds. The third kappa shape index (κ3) is 5.44. The fourth-order valence-electron chi connectivity index (χ4n) is 3.36. The number of imidazole rings is 1. The van der Waals surface area contributed by atoms with Crippen LogP contribution >= 0.6 is 0 Å². The number of nitrogens with one attached hydrogen (secondary N) is 3. The molecule has 5 N–H and O–H groups in total. The van der Waals surface area contributed by atoms with Crippen LogP contribution in [0.5, 0.6) is 0 Å². The number of pyridine rings is 1. The topological polar surface area (TPSA) is 162 Å². The maximum Gasteiger partial charge on any atom is 0.410 e. The fourth-order valence-corrected chi connectivity index (χ4v) is 3.36. The zero-order valence-electron chi connectivity index (χ0n) is 18.7. The number of aliphatic hydroxyl groups is 2. The maximum atomic E-state index is 12.4. The van der Waals surface area contributed by atoms with Crippen LogP contribution in [0.1, 0.15) is 27.7 Å². The van der Waals surface area contributed by atoms with E-state index in [1.165, 1.54) is 13.4 Å². The summed E-state index contributed by atoms with van der Waals surface area (Å²) in [6, 6.07) is 0.806. The van der Waals surface area contributed by atoms with Gasteiger partial charge in [-0.25, -0.2) is 14.8 Å². The van der Waals surface area contributed by atoms with Crippen LogP contribution in [-0.2, 0) is 14.3 Å². The van der Waals surface area contributed by atoms with Gasteiger partial charge in [-0.2, -0.15) is 0 Å². The molecule has 2 aromatic heterocycles. The highest BCUT2D eigenvalue weighted by Gasteiger charge is 2.43. The standard InChI is InChI=1S/C20H30N6O6/c1-10-13(25-12(27)8-26(5)19(30)32-20(2,3)4)15(28)16(29)18(31-10)24-11-6-7-21-17-14(11)22-9-23-17/h6-7,9-10,13,15-16,18,28-29H,8H2,1-5H3,(H,25,27)(H2,21,22,23,24)/t10-,13-,15+,16+,18-/m0/s1. The molecule has 2 aromatic rings. The number of hydrogen-bond donors (Lipinski definition) is 5. The highest BCUT2D eigenvalue weighted by atomic mass is 16.6. The van der Waals surface area contributed by atoms with Crippen LogP contribution < -0.4 is 10.6 Å². The van der Waals surface area contributed by atoms with Gasteiger partial charge in [0, 0.05) is 13.2 Å². The van der Waals surface area contributed by atoms with Crippen molar-refractivity contribution >= 4 is 28.9 Å². The summed E-state index contributed by atoms with van der Waals surface area (Å²) in [4.78, 5) is 36.8. The average molecular weight is 450 g/mol. The first-order valence-corrected chi connectivity index (χ1v) is 10.3. The number of hydrogen-bond acceptors (Lipinski definition) is 9. The van der Waals surface area contributed by atoms with E-state index in [2.05, 4.69) is 25.6 Å². The van der Waals surface area contributed by atoms with Crippen molar-refractivity contribution in [3.05, 3.63) is 18.6 Å². The normalized spacial score (nSPS) is 25.9. The van der Waals surface area contributed by atoms with Crippen molar-refractivity contribution < 1.29 is 29.3 Å². The Morgan fingerprint density at radius 1 is 1.28 bits per heavy atom. The maximum absolute atomic E-state index is 12.4. The average Bonchev–Trinajstić information content (AvgIpc) is 3.17. The van der Waals surface area contributed by atoms with Gasteiger partial charge in [-0.1, -0.05) is 0 Å². The summed E-state index contributed by atoms with van der Waals surface area (Å²) in [6.45, 7) is 6.57. The van der Waals surface area contributed by atoms with Gasteiger partial charge in [0.15, 0.2) is 11.9 Å². The molecular weight excluding hydrogens is 420 g/mol. The van der Waals surface area contributed by atoms with E-state index >= 15 is 0 Å². The van der Waals surface area contributed by atoms with Crippen LogP contribution in [0.15, 0.2) is 18.6 Å². The largest absolute Gasteiger partial charge is 0.444 e. The SMILES string of the molecule is C[C@@H]1O[C@H](Nc2ccnc3nc[nH]c23)[C@H](O)[C@H](O)[C@H]1NC(=O)CN(C)C(=O)OC(C)(C)C. The molecule has 0 spiro atoms. The minimum Gasteiger partial charge on any atom is -0.444 e. The number of likely N-dealkylation sites (N-methyl/N-ethyl adjacent to an activating group) is 1. The molecule has 3 heterocycles. The molecule has 176 valence electrons. The lowest BCUT2D eigenvalue weighted by molar-refractivity contribution is -0.172. The first kappa shape index (κ1) is 23.7. The van der Waals surface area contributed by atoms with Gasteiger partial charge in [-0.15, -0.1) is 0 Å². The minimum absolute atomic E-state index is 0.280. The van der Waals surface area contributed by atoms with E-state index in [0.29, 0.717) is 16.9 Å². The second-order valence-electron chi connectivity index (χ2n) is 8.78. The molecule has 1 aliphatic rings. The number of carbonyl (C=O) groups is 2. The van der Waals surface area contributed by atoms with E-state index < -0.39 is 48.2 Å². The van der Waals surface area contributed by atoms with Gasteiger partial charge in [0.05, 0.1) is 24.2 Å². The van der Waals surface area contributed by atoms with Crippen LogP contribution in [0.2, 0.25) is 0 Å². The Kier molecular flexibility index (Phi) is 6.86. The highest BCUT2D eigenvalue weighted by molar-refractivity contribution is 5.85. The van der Waals surface area contributed by atoms with E-state index in [1.54, 1.807) is 40.0 Å². The number of fused-ring (bicyclic) bond motifs is 1. The molecule has 5 atom stereocenters. The van der Waals surface area contributed by atoms with Gasteiger partial charge >= 0.3 is 6.09 Å². The number of aromatic nitrogens is 3. The monoisotopic (exact) mass is 450 g/mol. The van der Waals surface area contributed by atoms with Crippen molar-refractivity contribution in [2.45, 2.75) is 63.9 Å². The van der Waals surface area contributed by atoms with Gasteiger partial charge < -0.3 is 40.2 Å². The van der Waals surface area contributed by atoms with Gasteiger partial charge in [0.2, 0.25) is 5.91 Å². The van der Waals surface area contributed by atoms with Crippen molar-refractivity contribution in [1.29, 1.82) is 0 Å². The second kappa shape index (κ2) is 9.27. The molecule has 1 fully saturated rings. The van der Waals surface area contributed by atoms with Gasteiger partial charge in [0.25, 0.3) is 0 Å². The number of carbonyl (C=O) groups excluding carboxylic acids is 2. The van der Waals surface area contributed by atoms with Crippen molar-refractivity contribution in [2.75, 3.05) is 18.9 Å².